The van der Waals surface area contributed by atoms with Crippen molar-refractivity contribution in [2.45, 2.75) is 19.8 Å². The summed E-state index contributed by atoms with van der Waals surface area (Å²) in [5.74, 6) is -1.55. The van der Waals surface area contributed by atoms with E-state index in [0.717, 1.165) is 5.56 Å². The number of carbonyl (C=O) groups is 1. The van der Waals surface area contributed by atoms with E-state index in [-0.39, 0.29) is 17.1 Å². The van der Waals surface area contributed by atoms with Gasteiger partial charge in [-0.05, 0) is 23.1 Å². The molecule has 0 unspecified atom stereocenters. The summed E-state index contributed by atoms with van der Waals surface area (Å²) in [4.78, 5) is 11.1. The average Bonchev–Trinajstić information content (AvgIpc) is 2.82. The average molecular weight is 238 g/mol. The smallest absolute Gasteiger partial charge is 0.307 e. The molecule has 0 spiro atoms. The van der Waals surface area contributed by atoms with Gasteiger partial charge in [0.2, 0.25) is 0 Å². The zero-order valence-corrected chi connectivity index (χ0v) is 10.0. The van der Waals surface area contributed by atoms with E-state index in [1.807, 2.05) is 13.8 Å². The van der Waals surface area contributed by atoms with Crippen LogP contribution in [0.2, 0.25) is 0 Å². The minimum absolute atomic E-state index is 0.0745. The lowest BCUT2D eigenvalue weighted by Crippen LogP contribution is -2.03. The van der Waals surface area contributed by atoms with Crippen molar-refractivity contribution in [3.63, 3.8) is 0 Å². The van der Waals surface area contributed by atoms with Gasteiger partial charge in [-0.15, -0.1) is 0 Å². The molecule has 3 nitrogen and oxygen atoms in total. The Morgan fingerprint density at radius 3 is 2.59 bits per heavy atom. The fourth-order valence-electron chi connectivity index (χ4n) is 2.59. The first-order valence-corrected chi connectivity index (χ1v) is 5.46. The van der Waals surface area contributed by atoms with Gasteiger partial charge < -0.3 is 9.84 Å². The Hall–Kier alpha value is -1.58. The number of methoxy groups -OCH3 is 1. The quantitative estimate of drug-likeness (QED) is 0.880. The van der Waals surface area contributed by atoms with Gasteiger partial charge in [-0.1, -0.05) is 19.9 Å². The van der Waals surface area contributed by atoms with Gasteiger partial charge in [-0.3, -0.25) is 4.79 Å². The molecule has 0 radical (unpaired) electrons. The SMILES string of the molecule is COc1cc([C@@H]2[C@@H](C(=O)O)C2(C)C)ccc1F. The Kier molecular flexibility index (Phi) is 2.60. The fourth-order valence-corrected chi connectivity index (χ4v) is 2.59. The lowest BCUT2D eigenvalue weighted by atomic mass is 10.0. The lowest BCUT2D eigenvalue weighted by molar-refractivity contribution is -0.139. The predicted molar refractivity (Wildman–Crippen MR) is 60.6 cm³/mol. The molecule has 1 saturated carbocycles. The zero-order valence-electron chi connectivity index (χ0n) is 10.0. The van der Waals surface area contributed by atoms with Crippen LogP contribution in [-0.4, -0.2) is 18.2 Å². The summed E-state index contributed by atoms with van der Waals surface area (Å²) in [6, 6.07) is 4.54. The topological polar surface area (TPSA) is 46.5 Å². The van der Waals surface area contributed by atoms with E-state index in [1.165, 1.54) is 13.2 Å². The van der Waals surface area contributed by atoms with E-state index in [9.17, 15) is 9.18 Å². The van der Waals surface area contributed by atoms with Crippen LogP contribution < -0.4 is 4.74 Å². The number of ether oxygens (including phenoxy) is 1. The van der Waals surface area contributed by atoms with Crippen molar-refractivity contribution < 1.29 is 19.0 Å². The standard InChI is InChI=1S/C13H15FO3/c1-13(2)10(11(13)12(15)16)7-4-5-8(14)9(6-7)17-3/h4-6,10-11H,1-3H3,(H,15,16)/t10-,11+/m1/s1. The molecular formula is C13H15FO3. The zero-order chi connectivity index (χ0) is 12.8. The summed E-state index contributed by atoms with van der Waals surface area (Å²) in [5, 5.41) is 9.10. The van der Waals surface area contributed by atoms with Crippen molar-refractivity contribution in [3.05, 3.63) is 29.6 Å². The molecular weight excluding hydrogens is 223 g/mol. The molecule has 1 aliphatic rings. The number of carboxylic acids is 1. The summed E-state index contributed by atoms with van der Waals surface area (Å²) >= 11 is 0. The number of aliphatic carboxylic acids is 1. The second kappa shape index (κ2) is 3.72. The number of hydrogen-bond donors (Lipinski definition) is 1. The molecule has 1 N–H and O–H groups in total. The van der Waals surface area contributed by atoms with E-state index in [4.69, 9.17) is 9.84 Å². The number of hydrogen-bond acceptors (Lipinski definition) is 2. The normalized spacial score (nSPS) is 25.4. The van der Waals surface area contributed by atoms with Crippen LogP contribution in [0, 0.1) is 17.2 Å². The molecule has 1 fully saturated rings. The minimum Gasteiger partial charge on any atom is -0.494 e. The molecule has 92 valence electrons. The Balaban J connectivity index is 2.34. The first-order chi connectivity index (χ1) is 7.89. The van der Waals surface area contributed by atoms with Crippen LogP contribution in [0.3, 0.4) is 0 Å². The molecule has 0 amide bonds. The van der Waals surface area contributed by atoms with Gasteiger partial charge in [-0.2, -0.15) is 0 Å². The van der Waals surface area contributed by atoms with Crippen molar-refractivity contribution in [1.29, 1.82) is 0 Å². The lowest BCUT2D eigenvalue weighted by Gasteiger charge is -2.06. The minimum atomic E-state index is -0.803. The van der Waals surface area contributed by atoms with Crippen LogP contribution in [-0.2, 0) is 4.79 Å². The van der Waals surface area contributed by atoms with Gasteiger partial charge in [0.15, 0.2) is 11.6 Å². The molecule has 1 aliphatic carbocycles. The van der Waals surface area contributed by atoms with Gasteiger partial charge in [-0.25, -0.2) is 4.39 Å². The molecule has 0 saturated heterocycles. The predicted octanol–water partition coefficient (Wildman–Crippen LogP) is 2.66. The highest BCUT2D eigenvalue weighted by atomic mass is 19.1. The number of benzene rings is 1. The molecule has 0 aromatic heterocycles. The second-order valence-corrected chi connectivity index (χ2v) is 5.01. The summed E-state index contributed by atoms with van der Waals surface area (Å²) in [6.07, 6.45) is 0. The Labute approximate surface area is 99.2 Å². The van der Waals surface area contributed by atoms with E-state index in [0.29, 0.717) is 0 Å². The van der Waals surface area contributed by atoms with Gasteiger partial charge >= 0.3 is 5.97 Å². The molecule has 17 heavy (non-hydrogen) atoms. The van der Waals surface area contributed by atoms with Gasteiger partial charge in [0.25, 0.3) is 0 Å². The van der Waals surface area contributed by atoms with Crippen molar-refractivity contribution in [1.82, 2.24) is 0 Å². The van der Waals surface area contributed by atoms with Crippen LogP contribution in [0.1, 0.15) is 25.3 Å². The first kappa shape index (κ1) is 11.9. The Morgan fingerprint density at radius 2 is 2.12 bits per heavy atom. The summed E-state index contributed by atoms with van der Waals surface area (Å²) in [5.41, 5.74) is 0.537. The first-order valence-electron chi connectivity index (χ1n) is 5.46. The molecule has 0 aliphatic heterocycles. The third-order valence-electron chi connectivity index (χ3n) is 3.63. The van der Waals surface area contributed by atoms with E-state index in [2.05, 4.69) is 0 Å². The molecule has 2 atom stereocenters. The maximum atomic E-state index is 13.3. The van der Waals surface area contributed by atoms with Crippen LogP contribution in [0.15, 0.2) is 18.2 Å². The summed E-state index contributed by atoms with van der Waals surface area (Å²) in [6.45, 7) is 3.82. The summed E-state index contributed by atoms with van der Waals surface area (Å²) in [7, 11) is 1.40. The fraction of sp³-hybridized carbons (Fsp3) is 0.462. The Morgan fingerprint density at radius 1 is 1.47 bits per heavy atom. The van der Waals surface area contributed by atoms with E-state index >= 15 is 0 Å². The number of halogens is 1. The Bertz CT molecular complexity index is 468. The van der Waals surface area contributed by atoms with E-state index < -0.39 is 17.7 Å². The second-order valence-electron chi connectivity index (χ2n) is 5.01. The molecule has 1 aromatic rings. The molecule has 0 heterocycles. The summed E-state index contributed by atoms with van der Waals surface area (Å²) < 4.78 is 18.2. The van der Waals surface area contributed by atoms with Crippen LogP contribution in [0.25, 0.3) is 0 Å². The van der Waals surface area contributed by atoms with Crippen LogP contribution in [0.5, 0.6) is 5.75 Å². The van der Waals surface area contributed by atoms with Crippen molar-refractivity contribution in [3.8, 4) is 5.75 Å². The third kappa shape index (κ3) is 1.77. The van der Waals surface area contributed by atoms with Crippen molar-refractivity contribution in [2.75, 3.05) is 7.11 Å². The number of rotatable bonds is 3. The van der Waals surface area contributed by atoms with Gasteiger partial charge in [0, 0.05) is 5.92 Å². The van der Waals surface area contributed by atoms with Crippen molar-refractivity contribution in [2.24, 2.45) is 11.3 Å². The largest absolute Gasteiger partial charge is 0.494 e. The highest BCUT2D eigenvalue weighted by molar-refractivity contribution is 5.77. The molecule has 4 heteroatoms. The molecule has 2 rings (SSSR count). The molecule has 0 bridgehead atoms. The van der Waals surface area contributed by atoms with Crippen LogP contribution >= 0.6 is 0 Å². The molecule has 1 aromatic carbocycles. The monoisotopic (exact) mass is 238 g/mol. The third-order valence-corrected chi connectivity index (χ3v) is 3.63. The van der Waals surface area contributed by atoms with Crippen LogP contribution in [0.4, 0.5) is 4.39 Å². The highest BCUT2D eigenvalue weighted by Crippen LogP contribution is 2.64. The number of carboxylic acid groups (broad SMARTS) is 1. The van der Waals surface area contributed by atoms with Crippen molar-refractivity contribution >= 4 is 5.97 Å². The van der Waals surface area contributed by atoms with Gasteiger partial charge in [0.05, 0.1) is 13.0 Å². The maximum absolute atomic E-state index is 13.3. The highest BCUT2D eigenvalue weighted by Gasteiger charge is 2.62. The van der Waals surface area contributed by atoms with E-state index in [1.54, 1.807) is 12.1 Å². The van der Waals surface area contributed by atoms with Gasteiger partial charge in [0.1, 0.15) is 0 Å². The maximum Gasteiger partial charge on any atom is 0.307 e.